The first kappa shape index (κ1) is 22.6. The van der Waals surface area contributed by atoms with E-state index in [0.717, 1.165) is 39.9 Å². The Morgan fingerprint density at radius 2 is 1.74 bits per heavy atom. The van der Waals surface area contributed by atoms with Crippen LogP contribution in [0, 0.1) is 0 Å². The Morgan fingerprint density at radius 3 is 2.46 bits per heavy atom. The smallest absolute Gasteiger partial charge is 0.325 e. The summed E-state index contributed by atoms with van der Waals surface area (Å²) < 4.78 is 0. The number of amides is 5. The van der Waals surface area contributed by atoms with Crippen LogP contribution < -0.4 is 15.5 Å². The third kappa shape index (κ3) is 4.23. The van der Waals surface area contributed by atoms with E-state index in [0.29, 0.717) is 12.0 Å². The number of nitrogens with one attached hydrogen (secondary N) is 2. The van der Waals surface area contributed by atoms with E-state index in [1.807, 2.05) is 66.7 Å². The molecule has 8 heteroatoms. The first-order chi connectivity index (χ1) is 16.8. The highest BCUT2D eigenvalue weighted by Crippen LogP contribution is 2.31. The summed E-state index contributed by atoms with van der Waals surface area (Å²) >= 11 is 0. The van der Waals surface area contributed by atoms with Crippen molar-refractivity contribution in [3.63, 3.8) is 0 Å². The third-order valence-corrected chi connectivity index (χ3v) is 6.71. The van der Waals surface area contributed by atoms with E-state index in [-0.39, 0.29) is 19.0 Å². The van der Waals surface area contributed by atoms with Crippen LogP contribution in [0.25, 0.3) is 10.8 Å². The standard InChI is InChI=1S/C27H26N4O4/c1-27(21-11-10-19-5-2-3-6-20(19)15-21)25(34)31(26(35)29-27)17-23(32)28-16-18-8-12-22(13-9-18)30-14-4-7-24(30)33/h2-3,5-6,8-13,15H,4,7,14,16-17H2,1H3,(H,28,32)(H,29,35). The van der Waals surface area contributed by atoms with Crippen LogP contribution in [0.2, 0.25) is 0 Å². The maximum absolute atomic E-state index is 13.2. The molecule has 5 amide bonds. The third-order valence-electron chi connectivity index (χ3n) is 6.71. The van der Waals surface area contributed by atoms with Crippen molar-refractivity contribution in [2.24, 2.45) is 0 Å². The Hall–Kier alpha value is -4.20. The SMILES string of the molecule is CC1(c2ccc3ccccc3c2)NC(=O)N(CC(=O)NCc2ccc(N3CCCC3=O)cc2)C1=O. The number of hydrogen-bond donors (Lipinski definition) is 2. The quantitative estimate of drug-likeness (QED) is 0.541. The van der Waals surface area contributed by atoms with Crippen molar-refractivity contribution in [1.29, 1.82) is 0 Å². The Kier molecular flexibility index (Phi) is 5.72. The lowest BCUT2D eigenvalue weighted by Crippen LogP contribution is -2.43. The van der Waals surface area contributed by atoms with E-state index in [2.05, 4.69) is 10.6 Å². The molecule has 1 unspecified atom stereocenters. The number of urea groups is 1. The number of anilines is 1. The summed E-state index contributed by atoms with van der Waals surface area (Å²) in [6.45, 7) is 2.26. The van der Waals surface area contributed by atoms with Crippen LogP contribution in [0.15, 0.2) is 66.7 Å². The molecule has 0 aromatic heterocycles. The van der Waals surface area contributed by atoms with Crippen molar-refractivity contribution in [2.75, 3.05) is 18.0 Å². The van der Waals surface area contributed by atoms with Gasteiger partial charge in [0.2, 0.25) is 11.8 Å². The molecular weight excluding hydrogens is 444 g/mol. The molecule has 0 bridgehead atoms. The number of rotatable bonds is 6. The van der Waals surface area contributed by atoms with Crippen molar-refractivity contribution in [1.82, 2.24) is 15.5 Å². The van der Waals surface area contributed by atoms with Gasteiger partial charge in [0.25, 0.3) is 5.91 Å². The lowest BCUT2D eigenvalue weighted by molar-refractivity contribution is -0.134. The van der Waals surface area contributed by atoms with Gasteiger partial charge < -0.3 is 15.5 Å². The fraction of sp³-hybridized carbons (Fsp3) is 0.259. The van der Waals surface area contributed by atoms with Gasteiger partial charge in [-0.25, -0.2) is 4.79 Å². The topological polar surface area (TPSA) is 98.8 Å². The zero-order chi connectivity index (χ0) is 24.6. The van der Waals surface area contributed by atoms with Gasteiger partial charge in [-0.1, -0.05) is 48.5 Å². The lowest BCUT2D eigenvalue weighted by Gasteiger charge is -2.22. The number of carbonyl (C=O) groups excluding carboxylic acids is 4. The summed E-state index contributed by atoms with van der Waals surface area (Å²) in [6.07, 6.45) is 1.43. The highest BCUT2D eigenvalue weighted by Gasteiger charge is 2.49. The molecule has 1 atom stereocenters. The van der Waals surface area contributed by atoms with Gasteiger partial charge in [-0.15, -0.1) is 0 Å². The Labute approximate surface area is 202 Å². The number of carbonyl (C=O) groups is 4. The Morgan fingerprint density at radius 1 is 1.00 bits per heavy atom. The predicted octanol–water partition coefficient (Wildman–Crippen LogP) is 3.05. The molecule has 0 saturated carbocycles. The molecule has 2 fully saturated rings. The van der Waals surface area contributed by atoms with E-state index in [1.165, 1.54) is 0 Å². The molecule has 8 nitrogen and oxygen atoms in total. The molecule has 0 aliphatic carbocycles. The summed E-state index contributed by atoms with van der Waals surface area (Å²) in [4.78, 5) is 53.0. The van der Waals surface area contributed by atoms with E-state index in [4.69, 9.17) is 0 Å². The van der Waals surface area contributed by atoms with Gasteiger partial charge in [-0.3, -0.25) is 19.3 Å². The maximum Gasteiger partial charge on any atom is 0.325 e. The second kappa shape index (κ2) is 8.87. The first-order valence-electron chi connectivity index (χ1n) is 11.6. The van der Waals surface area contributed by atoms with E-state index < -0.39 is 23.4 Å². The van der Waals surface area contributed by atoms with Crippen LogP contribution >= 0.6 is 0 Å². The summed E-state index contributed by atoms with van der Waals surface area (Å²) in [5, 5.41) is 7.51. The fourth-order valence-corrected chi connectivity index (χ4v) is 4.65. The van der Waals surface area contributed by atoms with Gasteiger partial charge in [-0.2, -0.15) is 0 Å². The summed E-state index contributed by atoms with van der Waals surface area (Å²) in [6, 6.07) is 20.2. The highest BCUT2D eigenvalue weighted by atomic mass is 16.2. The molecular formula is C27H26N4O4. The molecule has 2 aliphatic rings. The predicted molar refractivity (Wildman–Crippen MR) is 131 cm³/mol. The van der Waals surface area contributed by atoms with Gasteiger partial charge in [0.15, 0.2) is 0 Å². The number of imide groups is 1. The van der Waals surface area contributed by atoms with Crippen molar-refractivity contribution in [3.05, 3.63) is 77.9 Å². The molecule has 2 N–H and O–H groups in total. The molecule has 0 spiro atoms. The second-order valence-electron chi connectivity index (χ2n) is 9.10. The summed E-state index contributed by atoms with van der Waals surface area (Å²) in [7, 11) is 0. The van der Waals surface area contributed by atoms with Crippen LogP contribution in [-0.2, 0) is 26.5 Å². The molecule has 0 radical (unpaired) electrons. The maximum atomic E-state index is 13.2. The molecule has 2 heterocycles. The minimum atomic E-state index is -1.25. The van der Waals surface area contributed by atoms with E-state index in [1.54, 1.807) is 11.8 Å². The van der Waals surface area contributed by atoms with Crippen LogP contribution in [-0.4, -0.2) is 41.7 Å². The van der Waals surface area contributed by atoms with Gasteiger partial charge in [-0.05, 0) is 53.4 Å². The van der Waals surface area contributed by atoms with Gasteiger partial charge in [0.1, 0.15) is 12.1 Å². The Balaban J connectivity index is 1.22. The van der Waals surface area contributed by atoms with Gasteiger partial charge >= 0.3 is 6.03 Å². The Bertz CT molecular complexity index is 1340. The number of benzene rings is 3. The normalized spacial score (nSPS) is 20.0. The molecule has 2 aliphatic heterocycles. The minimum Gasteiger partial charge on any atom is -0.350 e. The van der Waals surface area contributed by atoms with Gasteiger partial charge in [0, 0.05) is 25.2 Å². The van der Waals surface area contributed by atoms with E-state index >= 15 is 0 Å². The van der Waals surface area contributed by atoms with Crippen molar-refractivity contribution in [3.8, 4) is 0 Å². The van der Waals surface area contributed by atoms with Crippen LogP contribution in [0.1, 0.15) is 30.9 Å². The van der Waals surface area contributed by atoms with Crippen molar-refractivity contribution < 1.29 is 19.2 Å². The molecule has 35 heavy (non-hydrogen) atoms. The fourth-order valence-electron chi connectivity index (χ4n) is 4.65. The lowest BCUT2D eigenvalue weighted by atomic mass is 9.90. The molecule has 3 aromatic carbocycles. The monoisotopic (exact) mass is 470 g/mol. The number of fused-ring (bicyclic) bond motifs is 1. The summed E-state index contributed by atoms with van der Waals surface area (Å²) in [5.41, 5.74) is 1.11. The van der Waals surface area contributed by atoms with E-state index in [9.17, 15) is 19.2 Å². The highest BCUT2D eigenvalue weighted by molar-refractivity contribution is 6.09. The molecule has 5 rings (SSSR count). The molecule has 2 saturated heterocycles. The van der Waals surface area contributed by atoms with Gasteiger partial charge in [0.05, 0.1) is 0 Å². The molecule has 178 valence electrons. The second-order valence-corrected chi connectivity index (χ2v) is 9.10. The average Bonchev–Trinajstić information content (AvgIpc) is 3.39. The largest absolute Gasteiger partial charge is 0.350 e. The average molecular weight is 471 g/mol. The van der Waals surface area contributed by atoms with Crippen LogP contribution in [0.5, 0.6) is 0 Å². The number of hydrogen-bond acceptors (Lipinski definition) is 4. The summed E-state index contributed by atoms with van der Waals surface area (Å²) in [5.74, 6) is -0.780. The minimum absolute atomic E-state index is 0.121. The van der Waals surface area contributed by atoms with Crippen molar-refractivity contribution >= 4 is 40.2 Å². The zero-order valence-corrected chi connectivity index (χ0v) is 19.4. The first-order valence-corrected chi connectivity index (χ1v) is 11.6. The van der Waals surface area contributed by atoms with Crippen LogP contribution in [0.3, 0.4) is 0 Å². The van der Waals surface area contributed by atoms with Crippen LogP contribution in [0.4, 0.5) is 10.5 Å². The van der Waals surface area contributed by atoms with Crippen molar-refractivity contribution in [2.45, 2.75) is 31.8 Å². The zero-order valence-electron chi connectivity index (χ0n) is 19.4. The molecule has 3 aromatic rings. The number of nitrogens with zero attached hydrogens (tertiary/aromatic N) is 2.